The smallest absolute Gasteiger partial charge is 0.320 e. The Bertz CT molecular complexity index is 911. The third-order valence-corrected chi connectivity index (χ3v) is 5.10. The summed E-state index contributed by atoms with van der Waals surface area (Å²) in [7, 11) is 0. The number of morpholine rings is 1. The molecule has 2 aliphatic heterocycles. The minimum absolute atomic E-state index is 0.00649. The molecular formula is C19H22N4O4. The number of H-pyrrole nitrogens is 1. The van der Waals surface area contributed by atoms with E-state index in [9.17, 15) is 14.4 Å². The minimum Gasteiger partial charge on any atom is -0.378 e. The van der Waals surface area contributed by atoms with E-state index in [0.29, 0.717) is 63.6 Å². The number of pyridine rings is 1. The van der Waals surface area contributed by atoms with Gasteiger partial charge in [0, 0.05) is 56.2 Å². The second kappa shape index (κ2) is 7.40. The van der Waals surface area contributed by atoms with Gasteiger partial charge in [-0.3, -0.25) is 9.59 Å². The molecule has 4 rings (SSSR count). The largest absolute Gasteiger partial charge is 0.378 e. The molecule has 0 radical (unpaired) electrons. The van der Waals surface area contributed by atoms with Crippen molar-refractivity contribution in [2.45, 2.75) is 0 Å². The monoisotopic (exact) mass is 370 g/mol. The summed E-state index contributed by atoms with van der Waals surface area (Å²) in [6.45, 7) is 4.24. The molecule has 0 aliphatic carbocycles. The number of aromatic nitrogens is 1. The first kappa shape index (κ1) is 17.5. The molecule has 2 saturated heterocycles. The lowest BCUT2D eigenvalue weighted by Gasteiger charge is -2.38. The van der Waals surface area contributed by atoms with Gasteiger partial charge in [0.25, 0.3) is 5.91 Å². The molecule has 142 valence electrons. The molecule has 0 bridgehead atoms. The Morgan fingerprint density at radius 2 is 1.52 bits per heavy atom. The van der Waals surface area contributed by atoms with Crippen LogP contribution in [-0.4, -0.2) is 84.1 Å². The fourth-order valence-corrected chi connectivity index (χ4v) is 3.61. The SMILES string of the molecule is O=C(c1cc(=O)[nH]c2ccccc12)N1CCN(C(=O)N2CCOCC2)CC1. The van der Waals surface area contributed by atoms with Gasteiger partial charge in [0.05, 0.1) is 18.8 Å². The van der Waals surface area contributed by atoms with Crippen molar-refractivity contribution in [2.24, 2.45) is 0 Å². The molecule has 27 heavy (non-hydrogen) atoms. The van der Waals surface area contributed by atoms with Crippen LogP contribution in [0.5, 0.6) is 0 Å². The minimum atomic E-state index is -0.293. The van der Waals surface area contributed by atoms with Crippen LogP contribution in [-0.2, 0) is 4.74 Å². The van der Waals surface area contributed by atoms with Gasteiger partial charge in [-0.25, -0.2) is 4.79 Å². The van der Waals surface area contributed by atoms with Crippen molar-refractivity contribution >= 4 is 22.8 Å². The molecule has 0 atom stereocenters. The van der Waals surface area contributed by atoms with Gasteiger partial charge in [0.1, 0.15) is 0 Å². The highest BCUT2D eigenvalue weighted by Crippen LogP contribution is 2.18. The van der Waals surface area contributed by atoms with Crippen LogP contribution >= 0.6 is 0 Å². The molecular weight excluding hydrogens is 348 g/mol. The van der Waals surface area contributed by atoms with Crippen LogP contribution in [0.25, 0.3) is 10.9 Å². The lowest BCUT2D eigenvalue weighted by molar-refractivity contribution is 0.0363. The van der Waals surface area contributed by atoms with Crippen molar-refractivity contribution in [3.63, 3.8) is 0 Å². The van der Waals surface area contributed by atoms with E-state index < -0.39 is 0 Å². The molecule has 0 spiro atoms. The number of hydrogen-bond donors (Lipinski definition) is 1. The van der Waals surface area contributed by atoms with Gasteiger partial charge >= 0.3 is 6.03 Å². The number of amides is 3. The molecule has 1 N–H and O–H groups in total. The first-order valence-corrected chi connectivity index (χ1v) is 9.16. The summed E-state index contributed by atoms with van der Waals surface area (Å²) in [5, 5.41) is 0.730. The van der Waals surface area contributed by atoms with Gasteiger partial charge in [-0.1, -0.05) is 18.2 Å². The third kappa shape index (κ3) is 3.52. The molecule has 8 nitrogen and oxygen atoms in total. The van der Waals surface area contributed by atoms with E-state index in [1.54, 1.807) is 20.8 Å². The van der Waals surface area contributed by atoms with E-state index in [4.69, 9.17) is 4.74 Å². The average Bonchev–Trinajstić information content (AvgIpc) is 2.73. The Balaban J connectivity index is 1.46. The van der Waals surface area contributed by atoms with Crippen molar-refractivity contribution in [3.05, 3.63) is 46.2 Å². The molecule has 2 aromatic rings. The van der Waals surface area contributed by atoms with E-state index in [0.717, 1.165) is 5.39 Å². The summed E-state index contributed by atoms with van der Waals surface area (Å²) < 4.78 is 5.29. The van der Waals surface area contributed by atoms with E-state index in [2.05, 4.69) is 4.98 Å². The van der Waals surface area contributed by atoms with E-state index in [1.165, 1.54) is 6.07 Å². The Morgan fingerprint density at radius 1 is 0.889 bits per heavy atom. The van der Waals surface area contributed by atoms with Crippen LogP contribution in [0.1, 0.15) is 10.4 Å². The van der Waals surface area contributed by atoms with Crippen LogP contribution in [0.4, 0.5) is 4.79 Å². The van der Waals surface area contributed by atoms with Crippen LogP contribution in [0, 0.1) is 0 Å². The van der Waals surface area contributed by atoms with Crippen molar-refractivity contribution in [1.29, 1.82) is 0 Å². The van der Waals surface area contributed by atoms with Crippen LogP contribution in [0.2, 0.25) is 0 Å². The van der Waals surface area contributed by atoms with Gasteiger partial charge in [-0.15, -0.1) is 0 Å². The third-order valence-electron chi connectivity index (χ3n) is 5.10. The van der Waals surface area contributed by atoms with Gasteiger partial charge in [0.15, 0.2) is 0 Å². The number of nitrogens with zero attached hydrogens (tertiary/aromatic N) is 3. The molecule has 0 saturated carbocycles. The maximum Gasteiger partial charge on any atom is 0.320 e. The summed E-state index contributed by atoms with van der Waals surface area (Å²) in [5.41, 5.74) is 0.759. The highest BCUT2D eigenvalue weighted by molar-refractivity contribution is 6.06. The topological polar surface area (TPSA) is 86.0 Å². The Kier molecular flexibility index (Phi) is 4.81. The maximum absolute atomic E-state index is 13.0. The van der Waals surface area contributed by atoms with E-state index >= 15 is 0 Å². The lowest BCUT2D eigenvalue weighted by atomic mass is 10.1. The quantitative estimate of drug-likeness (QED) is 0.802. The number of nitrogens with one attached hydrogen (secondary N) is 1. The average molecular weight is 370 g/mol. The van der Waals surface area contributed by atoms with Gasteiger partial charge in [-0.2, -0.15) is 0 Å². The van der Waals surface area contributed by atoms with E-state index in [-0.39, 0.29) is 17.5 Å². The van der Waals surface area contributed by atoms with Crippen LogP contribution in [0.15, 0.2) is 35.1 Å². The predicted molar refractivity (Wildman–Crippen MR) is 99.8 cm³/mol. The number of aromatic amines is 1. The fraction of sp³-hybridized carbons (Fsp3) is 0.421. The summed E-state index contributed by atoms with van der Waals surface area (Å²) in [4.78, 5) is 45.5. The summed E-state index contributed by atoms with van der Waals surface area (Å²) in [5.74, 6) is -0.171. The zero-order valence-corrected chi connectivity index (χ0v) is 15.0. The zero-order valence-electron chi connectivity index (χ0n) is 15.0. The number of carbonyl (C=O) groups excluding carboxylic acids is 2. The second-order valence-electron chi connectivity index (χ2n) is 6.75. The number of benzene rings is 1. The number of carbonyl (C=O) groups is 2. The highest BCUT2D eigenvalue weighted by atomic mass is 16.5. The van der Waals surface area contributed by atoms with Crippen molar-refractivity contribution < 1.29 is 14.3 Å². The fourth-order valence-electron chi connectivity index (χ4n) is 3.61. The lowest BCUT2D eigenvalue weighted by Crippen LogP contribution is -2.55. The maximum atomic E-state index is 13.0. The van der Waals surface area contributed by atoms with E-state index in [1.807, 2.05) is 18.2 Å². The number of ether oxygens (including phenoxy) is 1. The number of para-hydroxylation sites is 1. The number of hydrogen-bond acceptors (Lipinski definition) is 4. The van der Waals surface area contributed by atoms with Gasteiger partial charge in [-0.05, 0) is 6.07 Å². The molecule has 0 unspecified atom stereocenters. The molecule has 3 heterocycles. The first-order valence-electron chi connectivity index (χ1n) is 9.16. The molecule has 3 amide bonds. The summed E-state index contributed by atoms with van der Waals surface area (Å²) >= 11 is 0. The number of rotatable bonds is 1. The Morgan fingerprint density at radius 3 is 2.26 bits per heavy atom. The highest BCUT2D eigenvalue weighted by Gasteiger charge is 2.29. The molecule has 1 aromatic heterocycles. The number of piperazine rings is 1. The molecule has 2 aliphatic rings. The summed E-state index contributed by atoms with van der Waals surface area (Å²) in [6.07, 6.45) is 0. The molecule has 1 aromatic carbocycles. The molecule has 2 fully saturated rings. The molecule has 8 heteroatoms. The van der Waals surface area contributed by atoms with Crippen LogP contribution < -0.4 is 5.56 Å². The second-order valence-corrected chi connectivity index (χ2v) is 6.75. The van der Waals surface area contributed by atoms with Gasteiger partial charge in [0.2, 0.25) is 5.56 Å². The Hall–Kier alpha value is -2.87. The zero-order chi connectivity index (χ0) is 18.8. The van der Waals surface area contributed by atoms with Gasteiger partial charge < -0.3 is 24.4 Å². The Labute approximate surface area is 156 Å². The van der Waals surface area contributed by atoms with Crippen molar-refractivity contribution in [3.8, 4) is 0 Å². The number of urea groups is 1. The summed E-state index contributed by atoms with van der Waals surface area (Å²) in [6, 6.07) is 8.64. The van der Waals surface area contributed by atoms with Crippen molar-refractivity contribution in [2.75, 3.05) is 52.5 Å². The predicted octanol–water partition coefficient (Wildman–Crippen LogP) is 0.738. The van der Waals surface area contributed by atoms with Crippen molar-refractivity contribution in [1.82, 2.24) is 19.7 Å². The standard InChI is InChI=1S/C19H22N4O4/c24-17-13-15(14-3-1-2-4-16(14)20-17)18(25)21-5-7-22(8-6-21)19(26)23-9-11-27-12-10-23/h1-4,13H,5-12H2,(H,20,24). The first-order chi connectivity index (χ1) is 13.1. The van der Waals surface area contributed by atoms with Crippen LogP contribution in [0.3, 0.4) is 0 Å². The normalized spacial score (nSPS) is 18.0. The number of fused-ring (bicyclic) bond motifs is 1.